The van der Waals surface area contributed by atoms with E-state index < -0.39 is 0 Å². The fourth-order valence-corrected chi connectivity index (χ4v) is 2.61. The van der Waals surface area contributed by atoms with Gasteiger partial charge in [0.15, 0.2) is 0 Å². The Morgan fingerprint density at radius 2 is 1.94 bits per heavy atom. The van der Waals surface area contributed by atoms with Crippen LogP contribution in [0.1, 0.15) is 35.2 Å². The summed E-state index contributed by atoms with van der Waals surface area (Å²) >= 11 is 0. The molecule has 82 valence electrons. The first-order chi connectivity index (χ1) is 7.79. The molecule has 0 fully saturated rings. The Labute approximate surface area is 94.1 Å². The molecule has 0 spiro atoms. The summed E-state index contributed by atoms with van der Waals surface area (Å²) in [6.07, 6.45) is 4.24. The molecule has 0 bridgehead atoms. The molecule has 0 atom stereocenters. The highest BCUT2D eigenvalue weighted by atomic mass is 16.2. The first kappa shape index (κ1) is 9.58. The third-order valence-corrected chi connectivity index (χ3v) is 3.40. The molecule has 0 N–H and O–H groups in total. The van der Waals surface area contributed by atoms with Crippen LogP contribution in [0.25, 0.3) is 0 Å². The number of nitrogens with zero attached hydrogens (tertiary/aromatic N) is 1. The first-order valence-electron chi connectivity index (χ1n) is 5.77. The summed E-state index contributed by atoms with van der Waals surface area (Å²) in [5.41, 5.74) is 2.64. The maximum atomic E-state index is 11.8. The zero-order chi connectivity index (χ0) is 11.1. The lowest BCUT2D eigenvalue weighted by atomic mass is 10.00. The van der Waals surface area contributed by atoms with Crippen molar-refractivity contribution in [2.75, 3.05) is 11.4 Å². The van der Waals surface area contributed by atoms with Gasteiger partial charge in [-0.25, -0.2) is 0 Å². The predicted octanol–water partition coefficient (Wildman–Crippen LogP) is 1.94. The molecule has 0 saturated heterocycles. The fourth-order valence-electron chi connectivity index (χ4n) is 2.61. The Balaban J connectivity index is 2.20. The Morgan fingerprint density at radius 3 is 2.81 bits per heavy atom. The van der Waals surface area contributed by atoms with Gasteiger partial charge < -0.3 is 4.90 Å². The van der Waals surface area contributed by atoms with Gasteiger partial charge in [0.2, 0.25) is 0 Å². The molecule has 3 heteroatoms. The minimum absolute atomic E-state index is 0.334. The van der Waals surface area contributed by atoms with Gasteiger partial charge in [-0.05, 0) is 30.9 Å². The summed E-state index contributed by atoms with van der Waals surface area (Å²) in [6, 6.07) is 5.67. The lowest BCUT2D eigenvalue weighted by Crippen LogP contribution is -2.31. The molecular weight excluding hydrogens is 202 g/mol. The molecule has 1 aromatic rings. The largest absolute Gasteiger partial charge is 0.304 e. The van der Waals surface area contributed by atoms with E-state index in [0.717, 1.165) is 36.9 Å². The number of Topliss-reactive ketones (excluding diaryl/α,β-unsaturated/α-hetero) is 1. The Hall–Kier alpha value is -1.64. The third-order valence-electron chi connectivity index (χ3n) is 3.40. The number of aryl methyl sites for hydroxylation is 1. The van der Waals surface area contributed by atoms with Crippen molar-refractivity contribution in [3.63, 3.8) is 0 Å². The number of benzene rings is 1. The molecule has 1 aromatic carbocycles. The van der Waals surface area contributed by atoms with E-state index in [0.29, 0.717) is 12.1 Å². The lowest BCUT2D eigenvalue weighted by molar-refractivity contribution is -0.114. The molecule has 3 nitrogen and oxygen atoms in total. The maximum absolute atomic E-state index is 11.8. The van der Waals surface area contributed by atoms with Gasteiger partial charge in [0.25, 0.3) is 11.7 Å². The number of carbonyl (C=O) groups excluding carboxylic acids is 2. The molecule has 0 aliphatic carbocycles. The molecule has 0 radical (unpaired) electrons. The molecule has 16 heavy (non-hydrogen) atoms. The average molecular weight is 215 g/mol. The van der Waals surface area contributed by atoms with Gasteiger partial charge in [0.05, 0.1) is 11.3 Å². The van der Waals surface area contributed by atoms with E-state index in [9.17, 15) is 9.59 Å². The normalized spacial score (nSPS) is 19.4. The molecule has 2 aliphatic heterocycles. The van der Waals surface area contributed by atoms with Gasteiger partial charge in [-0.15, -0.1) is 0 Å². The summed E-state index contributed by atoms with van der Waals surface area (Å²) in [6.45, 7) is 0.689. The van der Waals surface area contributed by atoms with Crippen molar-refractivity contribution in [1.29, 1.82) is 0 Å². The minimum Gasteiger partial charge on any atom is -0.304 e. The van der Waals surface area contributed by atoms with E-state index in [4.69, 9.17) is 0 Å². The van der Waals surface area contributed by atoms with Crippen LogP contribution < -0.4 is 4.90 Å². The van der Waals surface area contributed by atoms with E-state index in [1.165, 1.54) is 0 Å². The maximum Gasteiger partial charge on any atom is 0.299 e. The molecule has 0 saturated carbocycles. The van der Waals surface area contributed by atoms with Gasteiger partial charge in [-0.3, -0.25) is 9.59 Å². The first-order valence-corrected chi connectivity index (χ1v) is 5.77. The van der Waals surface area contributed by atoms with Crippen molar-refractivity contribution in [3.8, 4) is 0 Å². The average Bonchev–Trinajstić information content (AvgIpc) is 2.50. The molecule has 0 unspecified atom stereocenters. The summed E-state index contributed by atoms with van der Waals surface area (Å²) < 4.78 is 0. The quantitative estimate of drug-likeness (QED) is 0.620. The number of hydrogen-bond donors (Lipinski definition) is 0. The van der Waals surface area contributed by atoms with Crippen molar-refractivity contribution in [1.82, 2.24) is 0 Å². The van der Waals surface area contributed by atoms with Gasteiger partial charge in [-0.2, -0.15) is 0 Å². The van der Waals surface area contributed by atoms with Crippen LogP contribution in [-0.2, 0) is 11.2 Å². The van der Waals surface area contributed by atoms with Crippen molar-refractivity contribution in [2.24, 2.45) is 0 Å². The van der Waals surface area contributed by atoms with Crippen LogP contribution in [0, 0.1) is 0 Å². The minimum atomic E-state index is -0.343. The van der Waals surface area contributed by atoms with Crippen LogP contribution in [0.5, 0.6) is 0 Å². The molecule has 1 amide bonds. The summed E-state index contributed by atoms with van der Waals surface area (Å²) in [5, 5.41) is 0. The Morgan fingerprint density at radius 1 is 1.06 bits per heavy atom. The number of anilines is 1. The van der Waals surface area contributed by atoms with Crippen molar-refractivity contribution in [2.45, 2.75) is 25.7 Å². The Bertz CT molecular complexity index is 479. The monoisotopic (exact) mass is 215 g/mol. The van der Waals surface area contributed by atoms with E-state index >= 15 is 0 Å². The Kier molecular flexibility index (Phi) is 2.06. The summed E-state index contributed by atoms with van der Waals surface area (Å²) in [4.78, 5) is 25.3. The summed E-state index contributed by atoms with van der Waals surface area (Å²) in [7, 11) is 0. The molecule has 0 aromatic heterocycles. The number of carbonyl (C=O) groups is 2. The van der Waals surface area contributed by atoms with Crippen LogP contribution in [0.2, 0.25) is 0 Å². The van der Waals surface area contributed by atoms with Gasteiger partial charge in [0, 0.05) is 6.54 Å². The number of para-hydroxylation sites is 1. The van der Waals surface area contributed by atoms with E-state index in [1.807, 2.05) is 12.1 Å². The van der Waals surface area contributed by atoms with E-state index in [-0.39, 0.29) is 11.7 Å². The molecule has 2 heterocycles. The number of rotatable bonds is 0. The standard InChI is InChI=1S/C13H13NO2/c15-12-10-7-4-6-9-5-2-1-3-8-14(11(9)10)13(12)16/h4,6-7H,1-3,5,8H2. The zero-order valence-corrected chi connectivity index (χ0v) is 9.03. The van der Waals surface area contributed by atoms with Gasteiger partial charge in [-0.1, -0.05) is 18.6 Å². The van der Waals surface area contributed by atoms with E-state index in [1.54, 1.807) is 11.0 Å². The van der Waals surface area contributed by atoms with Crippen LogP contribution in [0.15, 0.2) is 18.2 Å². The second-order valence-electron chi connectivity index (χ2n) is 4.41. The van der Waals surface area contributed by atoms with E-state index in [2.05, 4.69) is 0 Å². The van der Waals surface area contributed by atoms with Crippen molar-refractivity contribution >= 4 is 17.4 Å². The SMILES string of the molecule is O=C1C(=O)N2CCCCCc3cccc1c32. The van der Waals surface area contributed by atoms with Crippen molar-refractivity contribution < 1.29 is 9.59 Å². The molecule has 3 rings (SSSR count). The zero-order valence-electron chi connectivity index (χ0n) is 9.03. The summed E-state index contributed by atoms with van der Waals surface area (Å²) in [5.74, 6) is -0.678. The second-order valence-corrected chi connectivity index (χ2v) is 4.41. The van der Waals surface area contributed by atoms with Crippen molar-refractivity contribution in [3.05, 3.63) is 29.3 Å². The van der Waals surface area contributed by atoms with Gasteiger partial charge >= 0.3 is 0 Å². The highest BCUT2D eigenvalue weighted by Gasteiger charge is 2.37. The lowest BCUT2D eigenvalue weighted by Gasteiger charge is -2.22. The number of hydrogen-bond acceptors (Lipinski definition) is 2. The predicted molar refractivity (Wildman–Crippen MR) is 60.7 cm³/mol. The van der Waals surface area contributed by atoms with Crippen LogP contribution in [0.3, 0.4) is 0 Å². The van der Waals surface area contributed by atoms with Crippen LogP contribution >= 0.6 is 0 Å². The highest BCUT2D eigenvalue weighted by Crippen LogP contribution is 2.35. The number of amides is 1. The highest BCUT2D eigenvalue weighted by molar-refractivity contribution is 6.52. The number of ketones is 1. The second kappa shape index (κ2) is 3.44. The van der Waals surface area contributed by atoms with Crippen LogP contribution in [-0.4, -0.2) is 18.2 Å². The molecular formula is C13H13NO2. The molecule has 2 aliphatic rings. The smallest absolute Gasteiger partial charge is 0.299 e. The topological polar surface area (TPSA) is 37.4 Å². The van der Waals surface area contributed by atoms with Gasteiger partial charge in [0.1, 0.15) is 0 Å². The third kappa shape index (κ3) is 1.21. The fraction of sp³-hybridized carbons (Fsp3) is 0.385. The van der Waals surface area contributed by atoms with Crippen LogP contribution in [0.4, 0.5) is 5.69 Å².